The van der Waals surface area contributed by atoms with Crippen molar-refractivity contribution in [3.05, 3.63) is 83.4 Å². The molecule has 3 aromatic carbocycles. The van der Waals surface area contributed by atoms with Crippen LogP contribution < -0.4 is 14.8 Å². The molecule has 0 unspecified atom stereocenters. The molecule has 4 rings (SSSR count). The molecule has 0 spiro atoms. The van der Waals surface area contributed by atoms with E-state index in [9.17, 15) is 4.79 Å². The molecule has 5 heteroatoms. The van der Waals surface area contributed by atoms with Crippen molar-refractivity contribution in [3.8, 4) is 28.7 Å². The van der Waals surface area contributed by atoms with Crippen LogP contribution in [0.25, 0.3) is 17.2 Å². The number of amides is 1. The van der Waals surface area contributed by atoms with Crippen LogP contribution in [0, 0.1) is 11.3 Å². The topological polar surface area (TPSA) is 71.3 Å². The third-order valence-corrected chi connectivity index (χ3v) is 4.97. The smallest absolute Gasteiger partial charge is 0.248 e. The largest absolute Gasteiger partial charge is 0.493 e. The molecule has 1 aliphatic rings. The van der Waals surface area contributed by atoms with Gasteiger partial charge in [0.15, 0.2) is 18.1 Å². The van der Waals surface area contributed by atoms with Gasteiger partial charge in [0, 0.05) is 11.8 Å². The Bertz CT molecular complexity index is 1180. The van der Waals surface area contributed by atoms with Gasteiger partial charge in [-0.15, -0.1) is 0 Å². The molecule has 1 N–H and O–H groups in total. The normalized spacial score (nSPS) is 11.5. The minimum atomic E-state index is -0.214. The number of nitriles is 1. The van der Waals surface area contributed by atoms with E-state index in [4.69, 9.17) is 14.7 Å². The molecule has 3 aromatic rings. The molecule has 0 saturated carbocycles. The van der Waals surface area contributed by atoms with Gasteiger partial charge < -0.3 is 14.8 Å². The first-order chi connectivity index (χ1) is 14.7. The van der Waals surface area contributed by atoms with Crippen molar-refractivity contribution in [1.29, 1.82) is 5.26 Å². The molecule has 0 saturated heterocycles. The highest BCUT2D eigenvalue weighted by Gasteiger charge is 2.18. The Hall–Kier alpha value is -4.04. The highest BCUT2D eigenvalue weighted by Crippen LogP contribution is 2.37. The van der Waals surface area contributed by atoms with Gasteiger partial charge in [0.1, 0.15) is 6.07 Å². The summed E-state index contributed by atoms with van der Waals surface area (Å²) in [5.74, 6) is 0.778. The fraction of sp³-hybridized carbons (Fsp3) is 0.120. The van der Waals surface area contributed by atoms with Gasteiger partial charge in [-0.1, -0.05) is 36.4 Å². The molecule has 5 nitrogen and oxygen atoms in total. The van der Waals surface area contributed by atoms with E-state index in [0.717, 1.165) is 17.7 Å². The highest BCUT2D eigenvalue weighted by molar-refractivity contribution is 6.02. The first-order valence-corrected chi connectivity index (χ1v) is 9.56. The zero-order valence-corrected chi connectivity index (χ0v) is 16.5. The van der Waals surface area contributed by atoms with Gasteiger partial charge in [0.2, 0.25) is 5.91 Å². The van der Waals surface area contributed by atoms with Crippen molar-refractivity contribution in [2.75, 3.05) is 19.0 Å². The van der Waals surface area contributed by atoms with E-state index in [-0.39, 0.29) is 12.5 Å². The molecule has 148 valence electrons. The van der Waals surface area contributed by atoms with Crippen LogP contribution in [0.5, 0.6) is 11.5 Å². The number of anilines is 1. The summed E-state index contributed by atoms with van der Waals surface area (Å²) in [5.41, 5.74) is 6.58. The Morgan fingerprint density at radius 2 is 1.90 bits per heavy atom. The van der Waals surface area contributed by atoms with Crippen LogP contribution in [0.4, 0.5) is 5.69 Å². The molecule has 0 atom stereocenters. The number of hydrogen-bond donors (Lipinski definition) is 1. The third-order valence-electron chi connectivity index (χ3n) is 4.97. The van der Waals surface area contributed by atoms with Crippen molar-refractivity contribution < 1.29 is 14.3 Å². The second-order valence-corrected chi connectivity index (χ2v) is 6.89. The summed E-state index contributed by atoms with van der Waals surface area (Å²) >= 11 is 0. The number of rotatable bonds is 6. The number of nitrogens with one attached hydrogen (secondary N) is 1. The van der Waals surface area contributed by atoms with Crippen molar-refractivity contribution in [1.82, 2.24) is 0 Å². The first kappa shape index (κ1) is 19.3. The summed E-state index contributed by atoms with van der Waals surface area (Å²) in [5, 5.41) is 11.6. The lowest BCUT2D eigenvalue weighted by Crippen LogP contribution is -2.07. The monoisotopic (exact) mass is 396 g/mol. The summed E-state index contributed by atoms with van der Waals surface area (Å²) < 4.78 is 10.6. The maximum absolute atomic E-state index is 12.4. The Balaban J connectivity index is 1.43. The van der Waals surface area contributed by atoms with Crippen molar-refractivity contribution in [2.24, 2.45) is 0 Å². The predicted molar refractivity (Wildman–Crippen MR) is 116 cm³/mol. The summed E-state index contributed by atoms with van der Waals surface area (Å²) in [7, 11) is 1.53. The van der Waals surface area contributed by atoms with Crippen LogP contribution in [0.3, 0.4) is 0 Å². The van der Waals surface area contributed by atoms with E-state index < -0.39 is 0 Å². The highest BCUT2D eigenvalue weighted by atomic mass is 16.5. The number of ether oxygens (including phenoxy) is 2. The summed E-state index contributed by atoms with van der Waals surface area (Å²) in [4.78, 5) is 12.4. The lowest BCUT2D eigenvalue weighted by molar-refractivity contribution is -0.111. The van der Waals surface area contributed by atoms with Crippen molar-refractivity contribution in [2.45, 2.75) is 6.42 Å². The maximum atomic E-state index is 12.4. The molecule has 1 aliphatic carbocycles. The quantitative estimate of drug-likeness (QED) is 0.474. The fourth-order valence-electron chi connectivity index (χ4n) is 3.60. The average Bonchev–Trinajstić information content (AvgIpc) is 3.14. The number of methoxy groups -OCH3 is 1. The molecule has 0 fully saturated rings. The summed E-state index contributed by atoms with van der Waals surface area (Å²) in [6.07, 6.45) is 4.06. The van der Waals surface area contributed by atoms with Gasteiger partial charge >= 0.3 is 0 Å². The van der Waals surface area contributed by atoms with Crippen LogP contribution in [0.1, 0.15) is 16.7 Å². The zero-order chi connectivity index (χ0) is 20.9. The van der Waals surface area contributed by atoms with Gasteiger partial charge in [-0.2, -0.15) is 5.26 Å². The predicted octanol–water partition coefficient (Wildman–Crippen LogP) is 4.82. The van der Waals surface area contributed by atoms with Gasteiger partial charge in [-0.3, -0.25) is 4.79 Å². The molecular weight excluding hydrogens is 376 g/mol. The molecule has 0 aromatic heterocycles. The van der Waals surface area contributed by atoms with Gasteiger partial charge in [-0.05, 0) is 64.6 Å². The van der Waals surface area contributed by atoms with E-state index in [0.29, 0.717) is 11.5 Å². The second-order valence-electron chi connectivity index (χ2n) is 6.89. The molecule has 0 aliphatic heterocycles. The lowest BCUT2D eigenvalue weighted by atomic mass is 10.1. The van der Waals surface area contributed by atoms with E-state index in [2.05, 4.69) is 29.6 Å². The second kappa shape index (κ2) is 8.54. The lowest BCUT2D eigenvalue weighted by Gasteiger charge is -2.09. The van der Waals surface area contributed by atoms with Crippen LogP contribution in [0.2, 0.25) is 0 Å². The van der Waals surface area contributed by atoms with Crippen LogP contribution in [-0.4, -0.2) is 19.6 Å². The van der Waals surface area contributed by atoms with Crippen molar-refractivity contribution >= 4 is 17.7 Å². The maximum Gasteiger partial charge on any atom is 0.248 e. The molecule has 0 bridgehead atoms. The van der Waals surface area contributed by atoms with Gasteiger partial charge in [0.05, 0.1) is 7.11 Å². The standard InChI is InChI=1S/C25H20N2O3/c1-29-24-14-17(6-10-23(24)30-13-12-26)7-11-25(28)27-20-8-9-22-19(16-20)15-18-4-2-3-5-21(18)22/h2-11,14,16H,13,15H2,1H3,(H,27,28)/b11-7+. The molecule has 0 heterocycles. The number of nitrogens with zero attached hydrogens (tertiary/aromatic N) is 1. The van der Waals surface area contributed by atoms with Crippen molar-refractivity contribution in [3.63, 3.8) is 0 Å². The minimum absolute atomic E-state index is 0.0557. The Labute approximate surface area is 175 Å². The van der Waals surface area contributed by atoms with Crippen LogP contribution in [-0.2, 0) is 11.2 Å². The third kappa shape index (κ3) is 4.03. The average molecular weight is 396 g/mol. The molecule has 30 heavy (non-hydrogen) atoms. The van der Waals surface area contributed by atoms with Gasteiger partial charge in [-0.25, -0.2) is 0 Å². The number of carbonyl (C=O) groups excluding carboxylic acids is 1. The first-order valence-electron chi connectivity index (χ1n) is 9.56. The Morgan fingerprint density at radius 3 is 2.73 bits per heavy atom. The SMILES string of the molecule is COc1cc(/C=C/C(=O)Nc2ccc3c(c2)Cc2ccccc2-3)ccc1OCC#N. The number of fused-ring (bicyclic) bond motifs is 3. The summed E-state index contributed by atoms with van der Waals surface area (Å²) in [6.45, 7) is -0.0557. The number of benzene rings is 3. The molecule has 0 radical (unpaired) electrons. The van der Waals surface area contributed by atoms with Crippen LogP contribution in [0.15, 0.2) is 66.7 Å². The van der Waals surface area contributed by atoms with Crippen LogP contribution >= 0.6 is 0 Å². The van der Waals surface area contributed by atoms with E-state index in [1.807, 2.05) is 24.3 Å². The Morgan fingerprint density at radius 1 is 1.07 bits per heavy atom. The summed E-state index contributed by atoms with van der Waals surface area (Å²) in [6, 6.07) is 21.6. The minimum Gasteiger partial charge on any atom is -0.493 e. The Kier molecular flexibility index (Phi) is 5.49. The zero-order valence-electron chi connectivity index (χ0n) is 16.5. The number of carbonyl (C=O) groups is 1. The molecular formula is C25H20N2O3. The number of hydrogen-bond acceptors (Lipinski definition) is 4. The van der Waals surface area contributed by atoms with Gasteiger partial charge in [0.25, 0.3) is 0 Å². The fourth-order valence-corrected chi connectivity index (χ4v) is 3.60. The molecule has 1 amide bonds. The van der Waals surface area contributed by atoms with E-state index in [1.54, 1.807) is 24.3 Å². The van der Waals surface area contributed by atoms with E-state index >= 15 is 0 Å². The van der Waals surface area contributed by atoms with E-state index in [1.165, 1.54) is 35.4 Å².